The number of para-hydroxylation sites is 1. The number of aromatic nitrogens is 2. The summed E-state index contributed by atoms with van der Waals surface area (Å²) in [5.41, 5.74) is 4.64. The van der Waals surface area contributed by atoms with Crippen LogP contribution in [0.2, 0.25) is 0 Å². The Morgan fingerprint density at radius 2 is 1.94 bits per heavy atom. The highest BCUT2D eigenvalue weighted by molar-refractivity contribution is 8.26. The zero-order valence-electron chi connectivity index (χ0n) is 19.9. The molecule has 1 aliphatic rings. The van der Waals surface area contributed by atoms with E-state index in [0.29, 0.717) is 15.8 Å². The highest BCUT2D eigenvalue weighted by atomic mass is 32.2. The van der Waals surface area contributed by atoms with Crippen molar-refractivity contribution in [3.8, 4) is 22.7 Å². The van der Waals surface area contributed by atoms with Gasteiger partial charge in [0.15, 0.2) is 0 Å². The van der Waals surface area contributed by atoms with Gasteiger partial charge in [0.05, 0.1) is 16.7 Å². The van der Waals surface area contributed by atoms with Crippen LogP contribution in [0.25, 0.3) is 23.0 Å². The van der Waals surface area contributed by atoms with Crippen molar-refractivity contribution >= 4 is 40.3 Å². The van der Waals surface area contributed by atoms with Crippen LogP contribution in [-0.4, -0.2) is 37.6 Å². The Bertz CT molecular complexity index is 1230. The monoisotopic (exact) mass is 491 g/mol. The van der Waals surface area contributed by atoms with E-state index in [-0.39, 0.29) is 12.0 Å². The summed E-state index contributed by atoms with van der Waals surface area (Å²) in [7, 11) is 0. The summed E-state index contributed by atoms with van der Waals surface area (Å²) in [5.74, 6) is 0.832. The number of carbonyl (C=O) groups is 1. The van der Waals surface area contributed by atoms with Crippen LogP contribution >= 0.6 is 24.0 Å². The molecule has 0 saturated carbocycles. The fraction of sp³-hybridized carbons (Fsp3) is 0.296. The van der Waals surface area contributed by atoms with Crippen molar-refractivity contribution in [2.75, 3.05) is 6.54 Å². The second-order valence-electron chi connectivity index (χ2n) is 8.55. The predicted octanol–water partition coefficient (Wildman–Crippen LogP) is 6.64. The van der Waals surface area contributed by atoms with E-state index in [2.05, 4.69) is 13.0 Å². The largest absolute Gasteiger partial charge is 0.491 e. The Kier molecular flexibility index (Phi) is 7.54. The van der Waals surface area contributed by atoms with E-state index < -0.39 is 0 Å². The Morgan fingerprint density at radius 3 is 2.62 bits per heavy atom. The van der Waals surface area contributed by atoms with Crippen LogP contribution in [0, 0.1) is 6.92 Å². The normalized spacial score (nSPS) is 15.1. The number of rotatable bonds is 8. The number of unbranched alkanes of at least 4 members (excludes halogenated alkanes) is 1. The Balaban J connectivity index is 1.76. The van der Waals surface area contributed by atoms with Gasteiger partial charge in [-0.2, -0.15) is 5.10 Å². The van der Waals surface area contributed by atoms with E-state index >= 15 is 0 Å². The van der Waals surface area contributed by atoms with E-state index in [1.54, 1.807) is 4.90 Å². The van der Waals surface area contributed by atoms with Gasteiger partial charge in [-0.25, -0.2) is 4.68 Å². The van der Waals surface area contributed by atoms with Crippen LogP contribution in [-0.2, 0) is 4.79 Å². The number of ether oxygens (including phenoxy) is 1. The zero-order chi connectivity index (χ0) is 24.2. The molecule has 3 aromatic rings. The van der Waals surface area contributed by atoms with Gasteiger partial charge in [-0.3, -0.25) is 9.69 Å². The van der Waals surface area contributed by atoms with Crippen molar-refractivity contribution < 1.29 is 9.53 Å². The van der Waals surface area contributed by atoms with Gasteiger partial charge in [-0.05, 0) is 69.2 Å². The number of carbonyl (C=O) groups excluding carboxylic acids is 1. The topological polar surface area (TPSA) is 47.4 Å². The first-order valence-electron chi connectivity index (χ1n) is 11.6. The van der Waals surface area contributed by atoms with Gasteiger partial charge in [0, 0.05) is 23.9 Å². The molecule has 5 nitrogen and oxygen atoms in total. The van der Waals surface area contributed by atoms with Gasteiger partial charge in [0.1, 0.15) is 15.8 Å². The molecule has 4 rings (SSSR count). The molecule has 7 heteroatoms. The molecule has 0 unspecified atom stereocenters. The number of thiocarbonyl (C=S) groups is 1. The molecule has 2 aromatic carbocycles. The maximum Gasteiger partial charge on any atom is 0.266 e. The fourth-order valence-corrected chi connectivity index (χ4v) is 5.06. The van der Waals surface area contributed by atoms with Gasteiger partial charge in [-0.15, -0.1) is 0 Å². The predicted molar refractivity (Wildman–Crippen MR) is 144 cm³/mol. The maximum absolute atomic E-state index is 13.1. The first-order valence-corrected chi connectivity index (χ1v) is 12.8. The number of hydrogen-bond donors (Lipinski definition) is 0. The first-order chi connectivity index (χ1) is 16.4. The number of thioether (sulfide) groups is 1. The SMILES string of the molecule is CCCCN1C(=O)/C(=C/c2cn(-c3ccccc3)nc2-c2ccc(OC(C)C)c(C)c2)SC1=S. The molecule has 176 valence electrons. The third-order valence-electron chi connectivity index (χ3n) is 5.47. The van der Waals surface area contributed by atoms with Crippen LogP contribution in [0.3, 0.4) is 0 Å². The minimum absolute atomic E-state index is 0.0290. The summed E-state index contributed by atoms with van der Waals surface area (Å²) in [6, 6.07) is 16.1. The molecule has 0 atom stereocenters. The van der Waals surface area contributed by atoms with Gasteiger partial charge >= 0.3 is 0 Å². The molecule has 1 aromatic heterocycles. The van der Waals surface area contributed by atoms with Crippen molar-refractivity contribution in [2.45, 2.75) is 46.6 Å². The van der Waals surface area contributed by atoms with Crippen LogP contribution in [0.5, 0.6) is 5.75 Å². The second-order valence-corrected chi connectivity index (χ2v) is 10.2. The number of benzene rings is 2. The molecule has 1 aliphatic heterocycles. The lowest BCUT2D eigenvalue weighted by Crippen LogP contribution is -2.28. The van der Waals surface area contributed by atoms with Crippen molar-refractivity contribution in [2.24, 2.45) is 0 Å². The van der Waals surface area contributed by atoms with Crippen molar-refractivity contribution in [1.82, 2.24) is 14.7 Å². The molecule has 0 spiro atoms. The molecule has 0 aliphatic carbocycles. The Morgan fingerprint density at radius 1 is 1.18 bits per heavy atom. The number of aryl methyl sites for hydroxylation is 1. The van der Waals surface area contributed by atoms with Crippen LogP contribution < -0.4 is 4.74 Å². The number of hydrogen-bond acceptors (Lipinski definition) is 5. The third-order valence-corrected chi connectivity index (χ3v) is 6.85. The van der Waals surface area contributed by atoms with Crippen LogP contribution in [0.1, 0.15) is 44.7 Å². The molecule has 1 amide bonds. The van der Waals surface area contributed by atoms with E-state index in [4.69, 9.17) is 22.1 Å². The third kappa shape index (κ3) is 5.26. The lowest BCUT2D eigenvalue weighted by Gasteiger charge is -2.13. The molecule has 0 N–H and O–H groups in total. The minimum atomic E-state index is -0.0290. The first kappa shape index (κ1) is 24.2. The summed E-state index contributed by atoms with van der Waals surface area (Å²) in [4.78, 5) is 15.4. The molecule has 2 heterocycles. The average Bonchev–Trinajstić information content (AvgIpc) is 3.35. The number of amides is 1. The Labute approximate surface area is 210 Å². The second kappa shape index (κ2) is 10.6. The average molecular weight is 492 g/mol. The molecular weight excluding hydrogens is 462 g/mol. The lowest BCUT2D eigenvalue weighted by atomic mass is 10.0. The quantitative estimate of drug-likeness (QED) is 0.261. The summed E-state index contributed by atoms with van der Waals surface area (Å²) < 4.78 is 8.38. The van der Waals surface area contributed by atoms with Crippen LogP contribution in [0.15, 0.2) is 59.6 Å². The molecule has 34 heavy (non-hydrogen) atoms. The molecule has 1 saturated heterocycles. The molecule has 0 bridgehead atoms. The van der Waals surface area contributed by atoms with E-state index in [0.717, 1.165) is 46.7 Å². The highest BCUT2D eigenvalue weighted by Crippen LogP contribution is 2.36. The molecule has 1 fully saturated rings. The standard InChI is InChI=1S/C27H29N3O2S2/c1-5-6-14-29-26(31)24(34-27(29)33)16-21-17-30(22-10-8-7-9-11-22)28-25(21)20-12-13-23(19(4)15-20)32-18(2)3/h7-13,15-18H,5-6,14H2,1-4H3/b24-16-. The molecule has 0 radical (unpaired) electrons. The van der Waals surface area contributed by atoms with Gasteiger partial charge in [-0.1, -0.05) is 55.5 Å². The highest BCUT2D eigenvalue weighted by Gasteiger charge is 2.32. The zero-order valence-corrected chi connectivity index (χ0v) is 21.6. The van der Waals surface area contributed by atoms with Gasteiger partial charge in [0.2, 0.25) is 0 Å². The minimum Gasteiger partial charge on any atom is -0.491 e. The van der Waals surface area contributed by atoms with Crippen molar-refractivity contribution in [3.05, 3.63) is 70.8 Å². The summed E-state index contributed by atoms with van der Waals surface area (Å²) >= 11 is 6.85. The Hall–Kier alpha value is -2.90. The maximum atomic E-state index is 13.1. The van der Waals surface area contributed by atoms with E-state index in [1.165, 1.54) is 11.8 Å². The summed E-state index contributed by atoms with van der Waals surface area (Å²) in [6.45, 7) is 8.84. The summed E-state index contributed by atoms with van der Waals surface area (Å²) in [6.07, 6.45) is 5.94. The lowest BCUT2D eigenvalue weighted by molar-refractivity contribution is -0.122. The van der Waals surface area contributed by atoms with E-state index in [9.17, 15) is 4.79 Å². The fourth-order valence-electron chi connectivity index (χ4n) is 3.76. The van der Waals surface area contributed by atoms with Gasteiger partial charge < -0.3 is 4.74 Å². The van der Waals surface area contributed by atoms with Crippen molar-refractivity contribution in [1.29, 1.82) is 0 Å². The molecular formula is C27H29N3O2S2. The smallest absolute Gasteiger partial charge is 0.266 e. The number of nitrogens with zero attached hydrogens (tertiary/aromatic N) is 3. The van der Waals surface area contributed by atoms with E-state index in [1.807, 2.05) is 80.2 Å². The van der Waals surface area contributed by atoms with Crippen molar-refractivity contribution in [3.63, 3.8) is 0 Å². The van der Waals surface area contributed by atoms with Gasteiger partial charge in [0.25, 0.3) is 5.91 Å². The summed E-state index contributed by atoms with van der Waals surface area (Å²) in [5, 5.41) is 4.90. The van der Waals surface area contributed by atoms with Crippen LogP contribution in [0.4, 0.5) is 0 Å².